The molecule has 4 rings (SSSR count). The third-order valence-corrected chi connectivity index (χ3v) is 7.25. The molecule has 1 amide bonds. The minimum Gasteiger partial charge on any atom is -0.494 e. The average Bonchev–Trinajstić information content (AvgIpc) is 3.33. The fraction of sp³-hybridized carbons (Fsp3) is 0.280. The van der Waals surface area contributed by atoms with Gasteiger partial charge in [-0.1, -0.05) is 55.8 Å². The topological polar surface area (TPSA) is 115 Å². The van der Waals surface area contributed by atoms with Crippen molar-refractivity contribution in [2.24, 2.45) is 4.99 Å². The van der Waals surface area contributed by atoms with Crippen LogP contribution in [-0.4, -0.2) is 60.4 Å². The number of hydrogen-bond acceptors (Lipinski definition) is 5. The van der Waals surface area contributed by atoms with Crippen LogP contribution in [0, 0.1) is 6.92 Å². The summed E-state index contributed by atoms with van der Waals surface area (Å²) in [4.78, 5) is 21.9. The highest BCUT2D eigenvalue weighted by molar-refractivity contribution is 7.92. The van der Waals surface area contributed by atoms with Gasteiger partial charge in [0.05, 0.1) is 28.3 Å². The number of H-pyrrole nitrogens is 1. The average molecular weight is 481 g/mol. The van der Waals surface area contributed by atoms with Crippen molar-refractivity contribution in [1.82, 2.24) is 9.88 Å². The molecule has 0 radical (unpaired) electrons. The number of aliphatic imine (C=N–C) groups is 1. The van der Waals surface area contributed by atoms with Crippen molar-refractivity contribution in [3.05, 3.63) is 70.8 Å². The Hall–Kier alpha value is -3.43. The highest BCUT2D eigenvalue weighted by atomic mass is 32.2. The second-order valence-electron chi connectivity index (χ2n) is 8.26. The molecular formula is C25H28N4O4S. The number of nitrogens with zero attached hydrogens (tertiary/aromatic N) is 2. The Kier molecular flexibility index (Phi) is 6.58. The maximum atomic E-state index is 12.7. The second kappa shape index (κ2) is 9.44. The van der Waals surface area contributed by atoms with E-state index < -0.39 is 15.9 Å². The molecule has 34 heavy (non-hydrogen) atoms. The van der Waals surface area contributed by atoms with Gasteiger partial charge in [-0.2, -0.15) is 0 Å². The van der Waals surface area contributed by atoms with Crippen LogP contribution < -0.4 is 4.72 Å². The fourth-order valence-corrected chi connectivity index (χ4v) is 5.10. The molecule has 0 aliphatic carbocycles. The molecule has 0 bridgehead atoms. The number of aromatic amines is 1. The van der Waals surface area contributed by atoms with Crippen molar-refractivity contribution < 1.29 is 18.3 Å². The normalized spacial score (nSPS) is 13.3. The molecule has 3 N–H and O–H groups in total. The Morgan fingerprint density at radius 3 is 2.21 bits per heavy atom. The third-order valence-electron chi connectivity index (χ3n) is 5.99. The second-order valence-corrected chi connectivity index (χ2v) is 10.1. The predicted octanol–water partition coefficient (Wildman–Crippen LogP) is 3.77. The van der Waals surface area contributed by atoms with Gasteiger partial charge in [-0.25, -0.2) is 13.4 Å². The number of carbonyl (C=O) groups excluding carboxylic acids is 1. The van der Waals surface area contributed by atoms with E-state index in [1.54, 1.807) is 24.3 Å². The molecule has 3 aromatic rings. The first-order chi connectivity index (χ1) is 16.2. The van der Waals surface area contributed by atoms with Crippen LogP contribution in [0.25, 0.3) is 11.3 Å². The van der Waals surface area contributed by atoms with E-state index in [0.717, 1.165) is 24.2 Å². The highest BCUT2D eigenvalue weighted by Crippen LogP contribution is 2.38. The summed E-state index contributed by atoms with van der Waals surface area (Å²) in [7, 11) is -3.49. The number of aromatic nitrogens is 1. The lowest BCUT2D eigenvalue weighted by atomic mass is 9.99. The Morgan fingerprint density at radius 2 is 1.59 bits per heavy atom. The van der Waals surface area contributed by atoms with Gasteiger partial charge in [0.15, 0.2) is 5.88 Å². The van der Waals surface area contributed by atoms with Crippen LogP contribution in [0.3, 0.4) is 0 Å². The van der Waals surface area contributed by atoms with Gasteiger partial charge < -0.3 is 15.0 Å². The summed E-state index contributed by atoms with van der Waals surface area (Å²) < 4.78 is 27.5. The van der Waals surface area contributed by atoms with Crippen molar-refractivity contribution >= 4 is 27.3 Å². The number of rotatable bonds is 9. The number of sulfonamides is 1. The maximum Gasteiger partial charge on any atom is 0.280 e. The molecule has 0 atom stereocenters. The molecule has 0 saturated heterocycles. The number of nitrogens with one attached hydrogen (secondary N) is 2. The van der Waals surface area contributed by atoms with Crippen LogP contribution >= 0.6 is 0 Å². The largest absolute Gasteiger partial charge is 0.494 e. The number of fused-ring (bicyclic) bond motifs is 1. The molecule has 0 unspecified atom stereocenters. The first kappa shape index (κ1) is 23.7. The lowest BCUT2D eigenvalue weighted by Gasteiger charge is -2.18. The molecule has 1 aliphatic heterocycles. The van der Waals surface area contributed by atoms with Gasteiger partial charge >= 0.3 is 0 Å². The van der Waals surface area contributed by atoms with Gasteiger partial charge in [0, 0.05) is 17.8 Å². The van der Waals surface area contributed by atoms with Crippen LogP contribution in [0.1, 0.15) is 40.9 Å². The molecule has 178 valence electrons. The lowest BCUT2D eigenvalue weighted by Crippen LogP contribution is -2.31. The number of aromatic hydroxyl groups is 1. The first-order valence-corrected chi connectivity index (χ1v) is 12.9. The molecule has 8 nitrogen and oxygen atoms in total. The summed E-state index contributed by atoms with van der Waals surface area (Å²) in [6.07, 6.45) is 0. The quantitative estimate of drug-likeness (QED) is 0.431. The summed E-state index contributed by atoms with van der Waals surface area (Å²) >= 11 is 0. The van der Waals surface area contributed by atoms with Crippen molar-refractivity contribution in [1.29, 1.82) is 0 Å². The number of benzene rings is 2. The molecule has 1 aliphatic rings. The SMILES string of the molecule is CCN(CC)CCS(=O)(=O)Nc1ccc(-c2[nH]c(O)c3c2C(=O)N=C3c2ccc(C)cc2)cc1. The smallest absolute Gasteiger partial charge is 0.280 e. The number of hydrogen-bond donors (Lipinski definition) is 3. The standard InChI is InChI=1S/C25H28N4O4S/c1-4-29(5-2)14-15-34(32,33)28-19-12-10-18(11-13-19)23-21-20(24(30)27-23)22(26-25(21)31)17-8-6-16(3)7-9-17/h6-13,27-28,30H,4-5,14-15H2,1-3H3. The molecule has 1 aromatic heterocycles. The molecule has 0 spiro atoms. The summed E-state index contributed by atoms with van der Waals surface area (Å²) in [5.74, 6) is -0.558. The van der Waals surface area contributed by atoms with Gasteiger partial charge in [-0.15, -0.1) is 0 Å². The van der Waals surface area contributed by atoms with E-state index in [0.29, 0.717) is 40.3 Å². The first-order valence-electron chi connectivity index (χ1n) is 11.2. The van der Waals surface area contributed by atoms with E-state index in [1.807, 2.05) is 49.9 Å². The van der Waals surface area contributed by atoms with Crippen molar-refractivity contribution in [2.75, 3.05) is 30.1 Å². The Balaban J connectivity index is 1.56. The van der Waals surface area contributed by atoms with E-state index in [4.69, 9.17) is 0 Å². The van der Waals surface area contributed by atoms with Crippen LogP contribution in [0.5, 0.6) is 5.88 Å². The van der Waals surface area contributed by atoms with Crippen LogP contribution in [0.2, 0.25) is 0 Å². The zero-order chi connectivity index (χ0) is 24.5. The van der Waals surface area contributed by atoms with Crippen LogP contribution in [0.15, 0.2) is 53.5 Å². The summed E-state index contributed by atoms with van der Waals surface area (Å²) in [6, 6.07) is 14.2. The summed E-state index contributed by atoms with van der Waals surface area (Å²) in [5, 5.41) is 10.6. The molecule has 0 saturated carbocycles. The van der Waals surface area contributed by atoms with Gasteiger partial charge in [0.1, 0.15) is 0 Å². The van der Waals surface area contributed by atoms with Crippen LogP contribution in [-0.2, 0) is 10.0 Å². The summed E-state index contributed by atoms with van der Waals surface area (Å²) in [6.45, 7) is 8.01. The Labute approximate surface area is 199 Å². The minimum absolute atomic E-state index is 0.00205. The van der Waals surface area contributed by atoms with E-state index in [-0.39, 0.29) is 11.6 Å². The Bertz CT molecular complexity index is 1340. The maximum absolute atomic E-state index is 12.7. The number of aryl methyl sites for hydroxylation is 1. The van der Waals surface area contributed by atoms with Gasteiger partial charge in [-0.3, -0.25) is 9.52 Å². The van der Waals surface area contributed by atoms with Crippen LogP contribution in [0.4, 0.5) is 5.69 Å². The van der Waals surface area contributed by atoms with E-state index in [2.05, 4.69) is 14.7 Å². The monoisotopic (exact) mass is 480 g/mol. The molecular weight excluding hydrogens is 452 g/mol. The van der Waals surface area contributed by atoms with Crippen molar-refractivity contribution in [3.8, 4) is 17.1 Å². The van der Waals surface area contributed by atoms with Crippen molar-refractivity contribution in [3.63, 3.8) is 0 Å². The van der Waals surface area contributed by atoms with E-state index in [1.165, 1.54) is 0 Å². The molecule has 0 fully saturated rings. The predicted molar refractivity (Wildman–Crippen MR) is 134 cm³/mol. The van der Waals surface area contributed by atoms with E-state index in [9.17, 15) is 18.3 Å². The zero-order valence-corrected chi connectivity index (χ0v) is 20.2. The third kappa shape index (κ3) is 4.76. The van der Waals surface area contributed by atoms with Gasteiger partial charge in [0.2, 0.25) is 10.0 Å². The molecule has 9 heteroatoms. The van der Waals surface area contributed by atoms with Crippen molar-refractivity contribution in [2.45, 2.75) is 20.8 Å². The molecule has 2 heterocycles. The highest BCUT2D eigenvalue weighted by Gasteiger charge is 2.33. The number of carbonyl (C=O) groups is 1. The number of anilines is 1. The van der Waals surface area contributed by atoms with E-state index >= 15 is 0 Å². The zero-order valence-electron chi connectivity index (χ0n) is 19.4. The lowest BCUT2D eigenvalue weighted by molar-refractivity contribution is 0.101. The fourth-order valence-electron chi connectivity index (χ4n) is 4.01. The minimum atomic E-state index is -3.49. The van der Waals surface area contributed by atoms with Gasteiger partial charge in [0.25, 0.3) is 5.91 Å². The number of amides is 1. The molecule has 2 aromatic carbocycles. The Morgan fingerprint density at radius 1 is 0.971 bits per heavy atom. The van der Waals surface area contributed by atoms with Gasteiger partial charge in [-0.05, 0) is 37.7 Å². The summed E-state index contributed by atoms with van der Waals surface area (Å²) in [5.41, 5.74) is 4.45.